The van der Waals surface area contributed by atoms with E-state index in [0.717, 1.165) is 18.5 Å². The van der Waals surface area contributed by atoms with Crippen molar-refractivity contribution in [3.05, 3.63) is 70.4 Å². The van der Waals surface area contributed by atoms with Gasteiger partial charge in [-0.05, 0) is 55.3 Å². The normalized spacial score (nSPS) is 12.1. The largest absolute Gasteiger partial charge is 0.387 e. The van der Waals surface area contributed by atoms with Crippen molar-refractivity contribution in [2.45, 2.75) is 19.4 Å². The Morgan fingerprint density at radius 2 is 2.04 bits per heavy atom. The number of H-pyrrole nitrogens is 1. The highest BCUT2D eigenvalue weighted by molar-refractivity contribution is 6.30. The SMILES string of the molecule is Cc1ccc2[nH]cc(CCNCC(O)c3cccc(Cl)c3)c2c1.Cl. The van der Waals surface area contributed by atoms with Gasteiger partial charge in [0.25, 0.3) is 0 Å². The number of benzene rings is 2. The summed E-state index contributed by atoms with van der Waals surface area (Å²) in [6.45, 7) is 3.44. The Hall–Kier alpha value is -1.52. The summed E-state index contributed by atoms with van der Waals surface area (Å²) in [5, 5.41) is 15.4. The van der Waals surface area contributed by atoms with Crippen LogP contribution in [0.4, 0.5) is 0 Å². The van der Waals surface area contributed by atoms with Gasteiger partial charge in [-0.2, -0.15) is 0 Å². The highest BCUT2D eigenvalue weighted by atomic mass is 35.5. The van der Waals surface area contributed by atoms with Crippen LogP contribution in [-0.2, 0) is 6.42 Å². The van der Waals surface area contributed by atoms with E-state index in [-0.39, 0.29) is 12.4 Å². The third-order valence-electron chi connectivity index (χ3n) is 4.07. The van der Waals surface area contributed by atoms with Crippen LogP contribution in [0.25, 0.3) is 10.9 Å². The van der Waals surface area contributed by atoms with Gasteiger partial charge < -0.3 is 15.4 Å². The predicted molar refractivity (Wildman–Crippen MR) is 103 cm³/mol. The highest BCUT2D eigenvalue weighted by Crippen LogP contribution is 2.20. The van der Waals surface area contributed by atoms with Crippen LogP contribution < -0.4 is 5.32 Å². The zero-order valence-electron chi connectivity index (χ0n) is 13.6. The zero-order valence-corrected chi connectivity index (χ0v) is 15.1. The van der Waals surface area contributed by atoms with Crippen LogP contribution in [0.15, 0.2) is 48.7 Å². The highest BCUT2D eigenvalue weighted by Gasteiger charge is 2.08. The fourth-order valence-corrected chi connectivity index (χ4v) is 2.99. The van der Waals surface area contributed by atoms with Crippen molar-refractivity contribution in [3.8, 4) is 0 Å². The quantitative estimate of drug-likeness (QED) is 0.567. The van der Waals surface area contributed by atoms with Crippen LogP contribution in [0.2, 0.25) is 5.02 Å². The second-order valence-electron chi connectivity index (χ2n) is 5.89. The monoisotopic (exact) mass is 364 g/mol. The summed E-state index contributed by atoms with van der Waals surface area (Å²) in [5.41, 5.74) is 4.58. The van der Waals surface area contributed by atoms with E-state index in [1.54, 1.807) is 6.07 Å². The lowest BCUT2D eigenvalue weighted by atomic mass is 10.1. The Balaban J connectivity index is 0.00000208. The number of aromatic nitrogens is 1. The number of rotatable bonds is 6. The number of aliphatic hydroxyl groups excluding tert-OH is 1. The standard InChI is InChI=1S/C19H21ClN2O.ClH/c1-13-5-6-18-17(9-13)15(11-22-18)7-8-21-12-19(23)14-3-2-4-16(20)10-14;/h2-6,9-11,19,21-23H,7-8,12H2,1H3;1H. The Morgan fingerprint density at radius 1 is 1.21 bits per heavy atom. The Morgan fingerprint density at radius 3 is 2.83 bits per heavy atom. The minimum atomic E-state index is -0.543. The first kappa shape index (κ1) is 18.8. The van der Waals surface area contributed by atoms with Gasteiger partial charge >= 0.3 is 0 Å². The lowest BCUT2D eigenvalue weighted by Gasteiger charge is -2.12. The average Bonchev–Trinajstić information content (AvgIpc) is 2.93. The molecule has 2 aromatic carbocycles. The summed E-state index contributed by atoms with van der Waals surface area (Å²) in [6, 6.07) is 13.8. The molecule has 0 amide bonds. The maximum atomic E-state index is 10.2. The van der Waals surface area contributed by atoms with Gasteiger partial charge in [0.2, 0.25) is 0 Å². The second kappa shape index (κ2) is 8.54. The van der Waals surface area contributed by atoms with Crippen molar-refractivity contribution < 1.29 is 5.11 Å². The minimum Gasteiger partial charge on any atom is -0.387 e. The zero-order chi connectivity index (χ0) is 16.2. The van der Waals surface area contributed by atoms with E-state index < -0.39 is 6.10 Å². The molecule has 0 saturated heterocycles. The molecule has 0 fully saturated rings. The molecule has 3 aromatic rings. The first-order valence-electron chi connectivity index (χ1n) is 7.84. The molecule has 24 heavy (non-hydrogen) atoms. The molecule has 1 aromatic heterocycles. The predicted octanol–water partition coefficient (Wildman–Crippen LogP) is 4.42. The number of fused-ring (bicyclic) bond motifs is 1. The first-order chi connectivity index (χ1) is 11.1. The van der Waals surface area contributed by atoms with E-state index in [0.29, 0.717) is 11.6 Å². The molecule has 3 nitrogen and oxygen atoms in total. The molecule has 3 N–H and O–H groups in total. The van der Waals surface area contributed by atoms with Crippen LogP contribution in [0.3, 0.4) is 0 Å². The number of hydrogen-bond donors (Lipinski definition) is 3. The number of aromatic amines is 1. The molecular formula is C19H22Cl2N2O. The molecule has 0 saturated carbocycles. The van der Waals surface area contributed by atoms with Gasteiger partial charge in [0.05, 0.1) is 6.10 Å². The topological polar surface area (TPSA) is 48.0 Å². The van der Waals surface area contributed by atoms with Crippen LogP contribution in [0, 0.1) is 6.92 Å². The number of aliphatic hydroxyl groups is 1. The van der Waals surface area contributed by atoms with Crippen molar-refractivity contribution in [2.24, 2.45) is 0 Å². The molecule has 3 rings (SSSR count). The fraction of sp³-hybridized carbons (Fsp3) is 0.263. The van der Waals surface area contributed by atoms with Crippen molar-refractivity contribution in [1.82, 2.24) is 10.3 Å². The lowest BCUT2D eigenvalue weighted by Crippen LogP contribution is -2.23. The minimum absolute atomic E-state index is 0. The summed E-state index contributed by atoms with van der Waals surface area (Å²) in [5.74, 6) is 0. The summed E-state index contributed by atoms with van der Waals surface area (Å²) in [7, 11) is 0. The fourth-order valence-electron chi connectivity index (χ4n) is 2.79. The second-order valence-corrected chi connectivity index (χ2v) is 6.32. The maximum absolute atomic E-state index is 10.2. The Labute approximate surface area is 153 Å². The third kappa shape index (κ3) is 4.52. The van der Waals surface area contributed by atoms with E-state index in [2.05, 4.69) is 41.6 Å². The van der Waals surface area contributed by atoms with Gasteiger partial charge in [0.15, 0.2) is 0 Å². The van der Waals surface area contributed by atoms with Gasteiger partial charge in [-0.1, -0.05) is 35.4 Å². The molecule has 1 unspecified atom stereocenters. The van der Waals surface area contributed by atoms with Crippen molar-refractivity contribution >= 4 is 34.9 Å². The third-order valence-corrected chi connectivity index (χ3v) is 4.30. The summed E-state index contributed by atoms with van der Waals surface area (Å²) in [4.78, 5) is 3.31. The van der Waals surface area contributed by atoms with E-state index in [1.807, 2.05) is 18.2 Å². The summed E-state index contributed by atoms with van der Waals surface area (Å²) < 4.78 is 0. The summed E-state index contributed by atoms with van der Waals surface area (Å²) >= 11 is 5.95. The molecule has 0 aliphatic carbocycles. The molecule has 1 atom stereocenters. The van der Waals surface area contributed by atoms with E-state index in [1.165, 1.54) is 22.0 Å². The van der Waals surface area contributed by atoms with Gasteiger partial charge in [-0.3, -0.25) is 0 Å². The van der Waals surface area contributed by atoms with Crippen molar-refractivity contribution in [2.75, 3.05) is 13.1 Å². The number of aryl methyl sites for hydroxylation is 1. The summed E-state index contributed by atoms with van der Waals surface area (Å²) in [6.07, 6.45) is 2.45. The maximum Gasteiger partial charge on any atom is 0.0914 e. The van der Waals surface area contributed by atoms with Gasteiger partial charge in [0, 0.05) is 28.7 Å². The number of halogens is 2. The molecule has 128 valence electrons. The van der Waals surface area contributed by atoms with Gasteiger partial charge in [-0.25, -0.2) is 0 Å². The van der Waals surface area contributed by atoms with Crippen LogP contribution >= 0.6 is 24.0 Å². The van der Waals surface area contributed by atoms with Crippen LogP contribution in [0.5, 0.6) is 0 Å². The molecule has 0 radical (unpaired) electrons. The molecule has 5 heteroatoms. The van der Waals surface area contributed by atoms with Crippen LogP contribution in [0.1, 0.15) is 22.8 Å². The van der Waals surface area contributed by atoms with E-state index in [9.17, 15) is 5.11 Å². The van der Waals surface area contributed by atoms with Crippen LogP contribution in [-0.4, -0.2) is 23.2 Å². The lowest BCUT2D eigenvalue weighted by molar-refractivity contribution is 0.175. The molecular weight excluding hydrogens is 343 g/mol. The van der Waals surface area contributed by atoms with Gasteiger partial charge in [-0.15, -0.1) is 12.4 Å². The average molecular weight is 365 g/mol. The molecule has 0 bridgehead atoms. The van der Waals surface area contributed by atoms with Gasteiger partial charge in [0.1, 0.15) is 0 Å². The number of hydrogen-bond acceptors (Lipinski definition) is 2. The first-order valence-corrected chi connectivity index (χ1v) is 8.22. The van der Waals surface area contributed by atoms with Crippen molar-refractivity contribution in [1.29, 1.82) is 0 Å². The Bertz CT molecular complexity index is 801. The van der Waals surface area contributed by atoms with E-state index in [4.69, 9.17) is 11.6 Å². The molecule has 0 aliphatic heterocycles. The smallest absolute Gasteiger partial charge is 0.0914 e. The molecule has 1 heterocycles. The molecule has 0 aliphatic rings. The van der Waals surface area contributed by atoms with Crippen molar-refractivity contribution in [3.63, 3.8) is 0 Å². The Kier molecular flexibility index (Phi) is 6.69. The molecule has 0 spiro atoms. The van der Waals surface area contributed by atoms with E-state index >= 15 is 0 Å². The number of nitrogens with one attached hydrogen (secondary N) is 2.